The predicted molar refractivity (Wildman–Crippen MR) is 127 cm³/mol. The van der Waals surface area contributed by atoms with E-state index in [1.165, 1.54) is 19.3 Å². The van der Waals surface area contributed by atoms with Crippen molar-refractivity contribution in [2.45, 2.75) is 66.7 Å². The Balaban J connectivity index is 0.000000434. The molecule has 0 amide bonds. The van der Waals surface area contributed by atoms with Gasteiger partial charge in [0.05, 0.1) is 11.2 Å². The van der Waals surface area contributed by atoms with Gasteiger partial charge in [-0.15, -0.1) is 0 Å². The number of rotatable bonds is 2. The molecule has 1 aliphatic carbocycles. The maximum Gasteiger partial charge on any atom is 0.180 e. The Labute approximate surface area is 181 Å². The summed E-state index contributed by atoms with van der Waals surface area (Å²) in [5.74, 6) is -1.11. The zero-order valence-electron chi connectivity index (χ0n) is 19.2. The second-order valence-electron chi connectivity index (χ2n) is 6.84. The van der Waals surface area contributed by atoms with Gasteiger partial charge in [-0.25, -0.2) is 0 Å². The van der Waals surface area contributed by atoms with E-state index in [0.717, 1.165) is 10.9 Å². The summed E-state index contributed by atoms with van der Waals surface area (Å²) in [6, 6.07) is 18.3. The van der Waals surface area contributed by atoms with E-state index in [0.29, 0.717) is 16.8 Å². The Bertz CT molecular complexity index is 909. The maximum atomic E-state index is 12.5. The van der Waals surface area contributed by atoms with Crippen LogP contribution >= 0.6 is 0 Å². The van der Waals surface area contributed by atoms with Gasteiger partial charge in [-0.3, -0.25) is 14.6 Å². The fourth-order valence-corrected chi connectivity index (χ4v) is 2.85. The molecule has 2 aromatic carbocycles. The van der Waals surface area contributed by atoms with Gasteiger partial charge in [0.2, 0.25) is 0 Å². The minimum atomic E-state index is -0.799. The fourth-order valence-electron chi connectivity index (χ4n) is 2.85. The number of benzene rings is 2. The van der Waals surface area contributed by atoms with E-state index < -0.39 is 5.92 Å². The molecule has 0 atom stereocenters. The minimum absolute atomic E-state index is 0.154. The van der Waals surface area contributed by atoms with Crippen LogP contribution in [0.25, 0.3) is 10.9 Å². The summed E-state index contributed by atoms with van der Waals surface area (Å²) >= 11 is 0. The number of carbonyl (C=O) groups excluding carboxylic acids is 2. The molecule has 1 heterocycles. The van der Waals surface area contributed by atoms with Crippen molar-refractivity contribution < 1.29 is 9.59 Å². The third-order valence-corrected chi connectivity index (χ3v) is 4.40. The Kier molecular flexibility index (Phi) is 11.3. The third kappa shape index (κ3) is 6.09. The van der Waals surface area contributed by atoms with Crippen molar-refractivity contribution >= 4 is 22.5 Å². The Hall–Kier alpha value is -2.81. The van der Waals surface area contributed by atoms with Crippen LogP contribution in [0.5, 0.6) is 0 Å². The molecule has 160 valence electrons. The molecule has 3 nitrogen and oxygen atoms in total. The minimum Gasteiger partial charge on any atom is -0.293 e. The lowest BCUT2D eigenvalue weighted by atomic mass is 9.98. The topological polar surface area (TPSA) is 47.0 Å². The van der Waals surface area contributed by atoms with Gasteiger partial charge < -0.3 is 0 Å². The van der Waals surface area contributed by atoms with Gasteiger partial charge in [0.15, 0.2) is 11.6 Å². The zero-order valence-corrected chi connectivity index (χ0v) is 19.2. The molecule has 0 radical (unpaired) electrons. The van der Waals surface area contributed by atoms with Crippen molar-refractivity contribution in [2.75, 3.05) is 0 Å². The second-order valence-corrected chi connectivity index (χ2v) is 6.84. The van der Waals surface area contributed by atoms with Crippen molar-refractivity contribution in [3.63, 3.8) is 0 Å². The normalized spacial score (nSPS) is 12.1. The maximum absolute atomic E-state index is 12.5. The van der Waals surface area contributed by atoms with Crippen LogP contribution < -0.4 is 0 Å². The van der Waals surface area contributed by atoms with Crippen molar-refractivity contribution in [3.05, 3.63) is 77.5 Å². The van der Waals surface area contributed by atoms with Crippen molar-refractivity contribution in [1.29, 1.82) is 0 Å². The van der Waals surface area contributed by atoms with Crippen molar-refractivity contribution in [3.8, 4) is 0 Å². The number of ketones is 2. The van der Waals surface area contributed by atoms with Crippen LogP contribution in [0.4, 0.5) is 0 Å². The predicted octanol–water partition coefficient (Wildman–Crippen LogP) is 7.65. The molecule has 0 saturated carbocycles. The van der Waals surface area contributed by atoms with Gasteiger partial charge in [0.1, 0.15) is 5.92 Å². The van der Waals surface area contributed by atoms with E-state index in [2.05, 4.69) is 32.7 Å². The van der Waals surface area contributed by atoms with Crippen LogP contribution in [0.2, 0.25) is 0 Å². The molecule has 4 rings (SSSR count). The molecule has 1 aliphatic rings. The number of nitrogens with zero attached hydrogens (tertiary/aromatic N) is 1. The van der Waals surface area contributed by atoms with E-state index in [1.807, 2.05) is 44.2 Å². The van der Waals surface area contributed by atoms with Gasteiger partial charge >= 0.3 is 0 Å². The van der Waals surface area contributed by atoms with Gasteiger partial charge in [0, 0.05) is 16.5 Å². The molecule has 0 spiro atoms. The standard InChI is InChI=1S/C18H11NO2.C4H10.C3H8.C2H6/c20-17-12-6-2-3-7-13(12)18(21)16(17)15-10-9-11-5-1-4-8-14(11)19-15;1-3-4-2;1-3-2;1-2/h1-10,16H;3-4H2,1-2H3;3H2,1-2H3;1-2H3. The average Bonchev–Trinajstić information content (AvgIpc) is 3.06. The van der Waals surface area contributed by atoms with Crippen LogP contribution in [-0.4, -0.2) is 16.6 Å². The number of hydrogen-bond donors (Lipinski definition) is 0. The van der Waals surface area contributed by atoms with E-state index in [1.54, 1.807) is 30.3 Å². The average molecular weight is 406 g/mol. The third-order valence-electron chi connectivity index (χ3n) is 4.40. The van der Waals surface area contributed by atoms with Crippen molar-refractivity contribution in [2.24, 2.45) is 0 Å². The lowest BCUT2D eigenvalue weighted by molar-refractivity contribution is 0.0888. The highest BCUT2D eigenvalue weighted by Gasteiger charge is 2.40. The molecule has 0 fully saturated rings. The first kappa shape index (κ1) is 25.2. The van der Waals surface area contributed by atoms with E-state index in [-0.39, 0.29) is 11.6 Å². The Morgan fingerprint density at radius 2 is 1.17 bits per heavy atom. The Morgan fingerprint density at radius 1 is 0.700 bits per heavy atom. The highest BCUT2D eigenvalue weighted by Crippen LogP contribution is 2.33. The second kappa shape index (κ2) is 13.4. The first-order valence-electron chi connectivity index (χ1n) is 11.1. The van der Waals surface area contributed by atoms with Crippen LogP contribution in [-0.2, 0) is 0 Å². The van der Waals surface area contributed by atoms with Crippen LogP contribution in [0, 0.1) is 0 Å². The molecule has 30 heavy (non-hydrogen) atoms. The number of carbonyl (C=O) groups is 2. The van der Waals surface area contributed by atoms with Crippen LogP contribution in [0.1, 0.15) is 93.1 Å². The fraction of sp³-hybridized carbons (Fsp3) is 0.370. The van der Waals surface area contributed by atoms with E-state index >= 15 is 0 Å². The van der Waals surface area contributed by atoms with Crippen LogP contribution in [0.3, 0.4) is 0 Å². The smallest absolute Gasteiger partial charge is 0.180 e. The molecule has 3 heteroatoms. The monoisotopic (exact) mass is 405 g/mol. The first-order chi connectivity index (χ1) is 14.6. The van der Waals surface area contributed by atoms with Crippen LogP contribution in [0.15, 0.2) is 60.7 Å². The summed E-state index contributed by atoms with van der Waals surface area (Å²) in [4.78, 5) is 29.5. The zero-order chi connectivity index (χ0) is 22.5. The molecule has 0 unspecified atom stereocenters. The largest absolute Gasteiger partial charge is 0.293 e. The molecular weight excluding hydrogens is 370 g/mol. The summed E-state index contributed by atoms with van der Waals surface area (Å²) in [5, 5.41) is 0.997. The molecule has 3 aromatic rings. The lowest BCUT2D eigenvalue weighted by Gasteiger charge is -2.07. The molecule has 1 aromatic heterocycles. The summed E-state index contributed by atoms with van der Waals surface area (Å²) in [6.45, 7) is 12.6. The summed E-state index contributed by atoms with van der Waals surface area (Å²) in [5.41, 5.74) is 2.33. The van der Waals surface area contributed by atoms with Gasteiger partial charge in [0.25, 0.3) is 0 Å². The molecule has 0 saturated heterocycles. The highest BCUT2D eigenvalue weighted by atomic mass is 16.2. The number of aromatic nitrogens is 1. The van der Waals surface area contributed by atoms with Crippen molar-refractivity contribution in [1.82, 2.24) is 4.98 Å². The summed E-state index contributed by atoms with van der Waals surface area (Å²) < 4.78 is 0. The first-order valence-corrected chi connectivity index (χ1v) is 11.1. The number of para-hydroxylation sites is 1. The summed E-state index contributed by atoms with van der Waals surface area (Å²) in [7, 11) is 0. The number of fused-ring (bicyclic) bond motifs is 2. The quantitative estimate of drug-likeness (QED) is 0.411. The van der Waals surface area contributed by atoms with E-state index in [4.69, 9.17) is 0 Å². The van der Waals surface area contributed by atoms with Gasteiger partial charge in [-0.1, -0.05) is 109 Å². The molecule has 0 N–H and O–H groups in total. The SMILES string of the molecule is CC.CCC.CCCC.O=C1c2ccccc2C(=O)C1c1ccc2ccccc2n1. The Morgan fingerprint density at radius 3 is 1.67 bits per heavy atom. The number of unbranched alkanes of at least 4 members (excludes halogenated alkanes) is 1. The molecule has 0 aliphatic heterocycles. The number of hydrogen-bond acceptors (Lipinski definition) is 3. The lowest BCUT2D eigenvalue weighted by Crippen LogP contribution is -2.14. The van der Waals surface area contributed by atoms with E-state index in [9.17, 15) is 9.59 Å². The van der Waals surface area contributed by atoms with Gasteiger partial charge in [-0.2, -0.15) is 0 Å². The number of Topliss-reactive ketones (excluding diaryl/α,β-unsaturated/α-hetero) is 2. The molecular formula is C27H35NO2. The highest BCUT2D eigenvalue weighted by molar-refractivity contribution is 6.29. The number of pyridine rings is 1. The molecule has 0 bridgehead atoms. The van der Waals surface area contributed by atoms with Gasteiger partial charge in [-0.05, 0) is 12.1 Å². The summed E-state index contributed by atoms with van der Waals surface area (Å²) in [6.07, 6.45) is 3.89.